The van der Waals surface area contributed by atoms with Crippen LogP contribution in [0.5, 0.6) is 28.7 Å². The van der Waals surface area contributed by atoms with Gasteiger partial charge in [0.05, 0.1) is 38.3 Å². The largest absolute Gasteiger partial charge is 0.508 e. The second-order valence-corrected chi connectivity index (χ2v) is 10.2. The molecule has 7 N–H and O–H groups in total. The van der Waals surface area contributed by atoms with E-state index in [2.05, 4.69) is 0 Å². The van der Waals surface area contributed by atoms with E-state index in [4.69, 9.17) is 27.8 Å². The Morgan fingerprint density at radius 3 is 2.05 bits per heavy atom. The molecule has 0 spiro atoms. The van der Waals surface area contributed by atoms with Crippen molar-refractivity contribution in [1.82, 2.24) is 0 Å². The van der Waals surface area contributed by atoms with E-state index in [1.54, 1.807) is 18.2 Å². The molecule has 1 aliphatic heterocycles. The summed E-state index contributed by atoms with van der Waals surface area (Å²) >= 11 is 0. The first-order chi connectivity index (χ1) is 21.1. The van der Waals surface area contributed by atoms with E-state index in [-0.39, 0.29) is 56.7 Å². The van der Waals surface area contributed by atoms with Crippen LogP contribution in [0, 0.1) is 0 Å². The highest BCUT2D eigenvalue weighted by molar-refractivity contribution is 6.10. The highest BCUT2D eigenvalue weighted by Gasteiger charge is 2.45. The van der Waals surface area contributed by atoms with Gasteiger partial charge in [0.15, 0.2) is 23.0 Å². The molecule has 0 amide bonds. The first-order valence-corrected chi connectivity index (χ1v) is 13.4. The van der Waals surface area contributed by atoms with Crippen LogP contribution in [0.4, 0.5) is 0 Å². The molecule has 44 heavy (non-hydrogen) atoms. The van der Waals surface area contributed by atoms with Crippen LogP contribution in [0.2, 0.25) is 0 Å². The van der Waals surface area contributed by atoms with Gasteiger partial charge in [-0.3, -0.25) is 4.79 Å². The third-order valence-corrected chi connectivity index (χ3v) is 7.45. The van der Waals surface area contributed by atoms with Gasteiger partial charge in [-0.2, -0.15) is 0 Å². The Morgan fingerprint density at radius 2 is 1.43 bits per heavy atom. The number of ether oxygens (including phenoxy) is 4. The number of aromatic hydroxyl groups is 2. The summed E-state index contributed by atoms with van der Waals surface area (Å²) in [5, 5.41) is 62.4. The summed E-state index contributed by atoms with van der Waals surface area (Å²) in [6.07, 6.45) is -7.97. The maximum absolute atomic E-state index is 10.8. The number of hydrogen-bond donors (Lipinski definition) is 6. The highest BCUT2D eigenvalue weighted by Crippen LogP contribution is 2.47. The summed E-state index contributed by atoms with van der Waals surface area (Å²) in [5.41, 5.74) is 1.00. The van der Waals surface area contributed by atoms with Gasteiger partial charge in [0.2, 0.25) is 12.0 Å². The molecule has 3 aromatic carbocycles. The van der Waals surface area contributed by atoms with Gasteiger partial charge < -0.3 is 58.4 Å². The fourth-order valence-electron chi connectivity index (χ4n) is 5.19. The highest BCUT2D eigenvalue weighted by atomic mass is 16.7. The minimum atomic E-state index is -1.76. The third kappa shape index (κ3) is 4.96. The molecule has 1 aliphatic rings. The molecule has 1 saturated heterocycles. The predicted molar refractivity (Wildman–Crippen MR) is 153 cm³/mol. The average Bonchev–Trinajstić information content (AvgIpc) is 3.02. The van der Waals surface area contributed by atoms with Crippen molar-refractivity contribution < 1.29 is 63.2 Å². The van der Waals surface area contributed by atoms with E-state index in [9.17, 15) is 35.4 Å². The maximum atomic E-state index is 10.8. The summed E-state index contributed by atoms with van der Waals surface area (Å²) in [7, 11) is 2.69. The minimum Gasteiger partial charge on any atom is -0.508 e. The van der Waals surface area contributed by atoms with E-state index in [0.29, 0.717) is 22.1 Å². The molecule has 0 saturated carbocycles. The fraction of sp³-hybridized carbons (Fsp3) is 0.258. The monoisotopic (exact) mass is 609 g/mol. The summed E-state index contributed by atoms with van der Waals surface area (Å²) in [5.74, 6) is 0.0723. The predicted octanol–water partition coefficient (Wildman–Crippen LogP) is 2.12. The molecule has 13 nitrogen and oxygen atoms in total. The second kappa shape index (κ2) is 11.4. The van der Waals surface area contributed by atoms with Crippen LogP contribution in [-0.2, 0) is 4.74 Å². The minimum absolute atomic E-state index is 0.000756. The van der Waals surface area contributed by atoms with Crippen LogP contribution in [0.1, 0.15) is 0 Å². The molecule has 3 heterocycles. The molecule has 0 unspecified atom stereocenters. The number of aliphatic hydroxyl groups is 4. The van der Waals surface area contributed by atoms with Crippen LogP contribution in [0.3, 0.4) is 0 Å². The number of phenolic OH excluding ortho intramolecular Hbond substituents is 2. The molecule has 230 valence electrons. The zero-order valence-electron chi connectivity index (χ0n) is 23.4. The number of benzene rings is 3. The van der Waals surface area contributed by atoms with Gasteiger partial charge in [0.25, 0.3) is 0 Å². The number of phenols is 2. The zero-order chi connectivity index (χ0) is 31.3. The van der Waals surface area contributed by atoms with E-state index in [1.165, 1.54) is 50.6 Å². The van der Waals surface area contributed by atoms with Crippen molar-refractivity contribution in [2.45, 2.75) is 30.7 Å². The van der Waals surface area contributed by atoms with Crippen molar-refractivity contribution in [2.75, 3.05) is 20.8 Å². The molecule has 0 bridgehead atoms. The van der Waals surface area contributed by atoms with Gasteiger partial charge in [-0.25, -0.2) is 0 Å². The Hall–Kier alpha value is -4.79. The number of rotatable bonds is 7. The van der Waals surface area contributed by atoms with Crippen LogP contribution in [0.15, 0.2) is 63.4 Å². The fourth-order valence-corrected chi connectivity index (χ4v) is 5.19. The molecule has 0 radical (unpaired) electrons. The van der Waals surface area contributed by atoms with E-state index in [1.807, 2.05) is 0 Å². The number of hydrogen-bond acceptors (Lipinski definition) is 12. The van der Waals surface area contributed by atoms with Gasteiger partial charge >= 0.3 is 5.43 Å². The van der Waals surface area contributed by atoms with E-state index in [0.717, 1.165) is 0 Å². The molecular weight excluding hydrogens is 580 g/mol. The third-order valence-electron chi connectivity index (χ3n) is 7.45. The first-order valence-electron chi connectivity index (χ1n) is 13.4. The zero-order valence-corrected chi connectivity index (χ0v) is 23.4. The lowest BCUT2D eigenvalue weighted by Crippen LogP contribution is -2.60. The van der Waals surface area contributed by atoms with Crippen molar-refractivity contribution in [1.29, 1.82) is 0 Å². The summed E-state index contributed by atoms with van der Waals surface area (Å²) in [6, 6.07) is 13.4. The van der Waals surface area contributed by atoms with Crippen molar-refractivity contribution in [2.24, 2.45) is 0 Å². The van der Waals surface area contributed by atoms with Gasteiger partial charge in [-0.15, -0.1) is 0 Å². The van der Waals surface area contributed by atoms with E-state index < -0.39 is 37.3 Å². The van der Waals surface area contributed by atoms with Crippen molar-refractivity contribution in [3.8, 4) is 51.4 Å². The molecule has 5 atom stereocenters. The van der Waals surface area contributed by atoms with Gasteiger partial charge in [0.1, 0.15) is 47.1 Å². The van der Waals surface area contributed by atoms with Gasteiger partial charge in [-0.1, -0.05) is 0 Å². The van der Waals surface area contributed by atoms with Gasteiger partial charge in [0, 0.05) is 16.5 Å². The number of aliphatic hydroxyl groups excluding tert-OH is 4. The first kappa shape index (κ1) is 29.3. The lowest BCUT2D eigenvalue weighted by atomic mass is 9.99. The molecule has 13 heteroatoms. The molecule has 0 aliphatic carbocycles. The molecular formula is C31H29O13+. The maximum Gasteiger partial charge on any atom is 0.347 e. The van der Waals surface area contributed by atoms with Crippen LogP contribution in [0.25, 0.3) is 44.6 Å². The van der Waals surface area contributed by atoms with E-state index >= 15 is 0 Å². The quantitative estimate of drug-likeness (QED) is 0.147. The Morgan fingerprint density at radius 1 is 0.795 bits per heavy atom. The Bertz CT molecular complexity index is 1860. The molecule has 6 rings (SSSR count). The Kier molecular flexibility index (Phi) is 7.57. The molecule has 5 aromatic rings. The summed E-state index contributed by atoms with van der Waals surface area (Å²) in [6.45, 7) is -0.679. The van der Waals surface area contributed by atoms with Gasteiger partial charge in [-0.05, 0) is 42.5 Å². The lowest BCUT2D eigenvalue weighted by molar-refractivity contribution is -0.277. The SMILES string of the molecule is COc1cc(-c2oc3cc(=[OH+])cc4oc(-c5ccc(O)cc5)cc(c2O[C@@H]2O[C@H](CO)[C@@H](O)[C@H](O)[C@H]2O)c43)cc(OC)c1O. The Balaban J connectivity index is 1.67. The normalized spacial score (nSPS) is 21.9. The summed E-state index contributed by atoms with van der Waals surface area (Å²) in [4.78, 5) is 10.6. The smallest absolute Gasteiger partial charge is 0.347 e. The summed E-state index contributed by atoms with van der Waals surface area (Å²) < 4.78 is 34.9. The standard InChI is InChI=1S/C31H28O13/c1-39-21-7-14(8-22(40-2)25(21)35)29-30(44-31-28(38)27(37)26(36)23(12-32)43-31)17-11-18(13-3-5-15(33)6-4-13)41-19-9-16(34)10-20(42-29)24(17)19/h3-11,23,26-28,31-33,35-38H,12H2,1-2H3/p+1/t23-,26-,27+,28-,31+/m1/s1. The van der Waals surface area contributed by atoms with Crippen molar-refractivity contribution in [3.05, 3.63) is 60.0 Å². The number of methoxy groups -OCH3 is 2. The van der Waals surface area contributed by atoms with Crippen LogP contribution < -0.4 is 19.6 Å². The topological polar surface area (TPSA) is 206 Å². The molecule has 2 aromatic heterocycles. The van der Waals surface area contributed by atoms with Crippen LogP contribution >= 0.6 is 0 Å². The second-order valence-electron chi connectivity index (χ2n) is 10.2. The average molecular weight is 610 g/mol. The lowest BCUT2D eigenvalue weighted by Gasteiger charge is -2.39. The van der Waals surface area contributed by atoms with Crippen LogP contribution in [-0.4, -0.2) is 87.0 Å². The van der Waals surface area contributed by atoms with Crippen molar-refractivity contribution in [3.63, 3.8) is 0 Å². The Labute approximate surface area is 248 Å². The van der Waals surface area contributed by atoms with Crippen molar-refractivity contribution >= 4 is 21.9 Å². The molecule has 1 fully saturated rings.